The summed E-state index contributed by atoms with van der Waals surface area (Å²) in [5.74, 6) is -0.0416. The topological polar surface area (TPSA) is 112 Å². The Balaban J connectivity index is 3.51. The van der Waals surface area contributed by atoms with Crippen LogP contribution < -0.4 is 0 Å². The van der Waals surface area contributed by atoms with Gasteiger partial charge in [0.05, 0.1) is 9.92 Å². The summed E-state index contributed by atoms with van der Waals surface area (Å²) in [6.07, 6.45) is 0.645. The van der Waals surface area contributed by atoms with Crippen molar-refractivity contribution in [1.82, 2.24) is 0 Å². The highest BCUT2D eigenvalue weighted by Crippen LogP contribution is 2.38. The van der Waals surface area contributed by atoms with E-state index in [4.69, 9.17) is 0 Å². The van der Waals surface area contributed by atoms with E-state index in [9.17, 15) is 47.4 Å². The van der Waals surface area contributed by atoms with E-state index >= 15 is 0 Å². The Labute approximate surface area is 157 Å². The van der Waals surface area contributed by atoms with Crippen molar-refractivity contribution in [2.75, 3.05) is 0 Å². The Kier molecular flexibility index (Phi) is 6.86. The molecule has 0 bridgehead atoms. The van der Waals surface area contributed by atoms with Crippen molar-refractivity contribution in [3.05, 3.63) is 34.0 Å². The van der Waals surface area contributed by atoms with E-state index in [1.165, 1.54) is 15.9 Å². The van der Waals surface area contributed by atoms with Gasteiger partial charge in [-0.2, -0.15) is 34.8 Å². The SMILES string of the molecule is CCC(C)c1ccc(S(=O)(=O)[N-]S(=O)(=NS(=O)(=O)C(F)(F)F)C(F)(F)F)cc1. The predicted molar refractivity (Wildman–Crippen MR) is 87.3 cm³/mol. The molecule has 0 saturated carbocycles. The van der Waals surface area contributed by atoms with Crippen LogP contribution in [0, 0.1) is 0 Å². The van der Waals surface area contributed by atoms with Crippen LogP contribution in [0.4, 0.5) is 26.3 Å². The number of nitrogens with zero attached hydrogens (tertiary/aromatic N) is 2. The van der Waals surface area contributed by atoms with Crippen LogP contribution in [0.1, 0.15) is 31.7 Å². The highest BCUT2D eigenvalue weighted by Gasteiger charge is 2.50. The first-order valence-corrected chi connectivity index (χ1v) is 11.5. The number of sulfonamides is 2. The average Bonchev–Trinajstić information content (AvgIpc) is 2.51. The van der Waals surface area contributed by atoms with Gasteiger partial charge in [-0.3, -0.25) is 4.21 Å². The number of alkyl halides is 6. The largest absolute Gasteiger partial charge is 0.519 e. The second kappa shape index (κ2) is 7.79. The molecule has 1 aromatic carbocycles. The first kappa shape index (κ1) is 24.6. The molecule has 28 heavy (non-hydrogen) atoms. The van der Waals surface area contributed by atoms with Gasteiger partial charge in [-0.05, 0) is 30.0 Å². The summed E-state index contributed by atoms with van der Waals surface area (Å²) < 4.78 is 136. The van der Waals surface area contributed by atoms with E-state index in [2.05, 4.69) is 0 Å². The van der Waals surface area contributed by atoms with Crippen LogP contribution in [-0.4, -0.2) is 32.1 Å². The molecule has 0 aliphatic rings. The molecular formula is C12H13F6N2O5S3-. The molecule has 0 saturated heterocycles. The number of benzene rings is 1. The van der Waals surface area contributed by atoms with Crippen LogP contribution in [0.3, 0.4) is 0 Å². The molecule has 1 aromatic rings. The van der Waals surface area contributed by atoms with Gasteiger partial charge in [0, 0.05) is 4.90 Å². The molecule has 2 atom stereocenters. The Morgan fingerprint density at radius 1 is 0.929 bits per heavy atom. The molecule has 0 radical (unpaired) electrons. The lowest BCUT2D eigenvalue weighted by molar-refractivity contribution is -0.0440. The summed E-state index contributed by atoms with van der Waals surface area (Å²) >= 11 is 0. The fraction of sp³-hybridized carbons (Fsp3) is 0.500. The van der Waals surface area contributed by atoms with Gasteiger partial charge in [-0.25, -0.2) is 8.42 Å². The molecule has 0 spiro atoms. The summed E-state index contributed by atoms with van der Waals surface area (Å²) in [5, 5.41) is 0. The molecular weight excluding hydrogens is 462 g/mol. The monoisotopic (exact) mass is 475 g/mol. The Morgan fingerprint density at radius 2 is 1.39 bits per heavy atom. The van der Waals surface area contributed by atoms with Gasteiger partial charge in [0.15, 0.2) is 0 Å². The zero-order valence-corrected chi connectivity index (χ0v) is 16.5. The molecule has 0 aromatic heterocycles. The number of rotatable bonds is 6. The van der Waals surface area contributed by atoms with Crippen molar-refractivity contribution < 1.29 is 47.4 Å². The van der Waals surface area contributed by atoms with Gasteiger partial charge >= 0.3 is 21.0 Å². The fourth-order valence-electron chi connectivity index (χ4n) is 1.65. The van der Waals surface area contributed by atoms with Gasteiger partial charge in [0.25, 0.3) is 0 Å². The maximum absolute atomic E-state index is 12.9. The first-order valence-electron chi connectivity index (χ1n) is 7.11. The van der Waals surface area contributed by atoms with Gasteiger partial charge in [-0.1, -0.05) is 26.0 Å². The number of hydrogen-bond donors (Lipinski definition) is 0. The van der Waals surface area contributed by atoms with E-state index in [1.54, 1.807) is 6.92 Å². The summed E-state index contributed by atoms with van der Waals surface area (Å²) in [6.45, 7) is 3.58. The normalized spacial score (nSPS) is 17.0. The lowest BCUT2D eigenvalue weighted by atomic mass is 9.99. The molecule has 0 fully saturated rings. The number of halogens is 6. The van der Waals surface area contributed by atoms with Crippen LogP contribution in [0.15, 0.2) is 32.9 Å². The Morgan fingerprint density at radius 3 is 1.75 bits per heavy atom. The van der Waals surface area contributed by atoms with Crippen LogP contribution >= 0.6 is 0 Å². The summed E-state index contributed by atoms with van der Waals surface area (Å²) in [7, 11) is -19.1. The molecule has 162 valence electrons. The van der Waals surface area contributed by atoms with Crippen molar-refractivity contribution in [1.29, 1.82) is 0 Å². The van der Waals surface area contributed by atoms with Crippen molar-refractivity contribution in [3.63, 3.8) is 0 Å². The van der Waals surface area contributed by atoms with Crippen molar-refractivity contribution >= 4 is 30.0 Å². The van der Waals surface area contributed by atoms with Gasteiger partial charge in [0.2, 0.25) is 0 Å². The van der Waals surface area contributed by atoms with Crippen molar-refractivity contribution in [3.8, 4) is 0 Å². The minimum Gasteiger partial charge on any atom is -0.441 e. The third-order valence-corrected chi connectivity index (χ3v) is 8.59. The third kappa shape index (κ3) is 5.36. The van der Waals surface area contributed by atoms with Crippen molar-refractivity contribution in [2.45, 2.75) is 42.1 Å². The Hall–Kier alpha value is -1.39. The quantitative estimate of drug-likeness (QED) is 0.577. The summed E-state index contributed by atoms with van der Waals surface area (Å²) in [6, 6.07) is 4.04. The molecule has 1 rings (SSSR count). The zero-order chi connectivity index (χ0) is 22.2. The zero-order valence-electron chi connectivity index (χ0n) is 14.0. The molecule has 16 heteroatoms. The van der Waals surface area contributed by atoms with E-state index in [0.29, 0.717) is 12.0 Å². The Bertz CT molecular complexity index is 1040. The molecule has 0 aliphatic heterocycles. The van der Waals surface area contributed by atoms with Crippen LogP contribution in [0.2, 0.25) is 0 Å². The van der Waals surface area contributed by atoms with E-state index in [0.717, 1.165) is 12.1 Å². The fourth-order valence-corrected chi connectivity index (χ4v) is 5.97. The van der Waals surface area contributed by atoms with E-state index in [-0.39, 0.29) is 5.92 Å². The first-order chi connectivity index (χ1) is 12.4. The molecule has 0 N–H and O–H groups in total. The van der Waals surface area contributed by atoms with Crippen molar-refractivity contribution in [2.24, 2.45) is 3.77 Å². The van der Waals surface area contributed by atoms with Crippen LogP contribution in [0.5, 0.6) is 0 Å². The van der Waals surface area contributed by atoms with Crippen LogP contribution in [-0.2, 0) is 30.0 Å². The minimum absolute atomic E-state index is 0.0416. The molecule has 2 unspecified atom stereocenters. The molecule has 0 heterocycles. The highest BCUT2D eigenvalue weighted by atomic mass is 32.3. The maximum atomic E-state index is 12.9. The summed E-state index contributed by atoms with van der Waals surface area (Å²) in [5.41, 5.74) is -12.0. The second-order valence-corrected chi connectivity index (χ2v) is 10.8. The maximum Gasteiger partial charge on any atom is 0.519 e. The average molecular weight is 475 g/mol. The molecule has 7 nitrogen and oxygen atoms in total. The van der Waals surface area contributed by atoms with Gasteiger partial charge in [-0.15, -0.1) is 3.77 Å². The highest BCUT2D eigenvalue weighted by molar-refractivity contribution is 8.16. The predicted octanol–water partition coefficient (Wildman–Crippen LogP) is 4.01. The van der Waals surface area contributed by atoms with E-state index in [1.807, 2.05) is 11.1 Å². The van der Waals surface area contributed by atoms with Gasteiger partial charge < -0.3 is 4.13 Å². The van der Waals surface area contributed by atoms with Gasteiger partial charge in [0.1, 0.15) is 10.0 Å². The smallest absolute Gasteiger partial charge is 0.441 e. The second-order valence-electron chi connectivity index (χ2n) is 5.37. The lowest BCUT2D eigenvalue weighted by Crippen LogP contribution is -2.29. The standard InChI is InChI=1S/C12H13F6N2O5S3/c1-3-8(2)9-4-6-10(7-5-9)26(21,22)19-27(23,11(13,14)15)20-28(24,25)12(16,17)18/h4-8H,3H2,1-2H3/q-1. The van der Waals surface area contributed by atoms with E-state index < -0.39 is 45.9 Å². The number of hydrogen-bond acceptors (Lipinski definition) is 5. The van der Waals surface area contributed by atoms with Crippen LogP contribution in [0.25, 0.3) is 4.13 Å². The lowest BCUT2D eigenvalue weighted by Gasteiger charge is -2.26. The minimum atomic E-state index is -6.94. The third-order valence-electron chi connectivity index (χ3n) is 3.35. The molecule has 0 aliphatic carbocycles. The summed E-state index contributed by atoms with van der Waals surface area (Å²) in [4.78, 5) is -0.934. The molecule has 0 amide bonds.